The fourth-order valence-electron chi connectivity index (χ4n) is 3.10. The largest absolute Gasteiger partial charge is 0.401 e. The third-order valence-corrected chi connectivity index (χ3v) is 4.31. The van der Waals surface area contributed by atoms with E-state index in [0.717, 1.165) is 5.56 Å². The van der Waals surface area contributed by atoms with E-state index in [1.165, 1.54) is 4.90 Å². The molecule has 1 saturated heterocycles. The van der Waals surface area contributed by atoms with Crippen LogP contribution in [0, 0.1) is 0 Å². The molecule has 6 nitrogen and oxygen atoms in total. The minimum absolute atomic E-state index is 0.0817. The number of halogens is 3. The summed E-state index contributed by atoms with van der Waals surface area (Å²) in [5.74, 6) is 0.429. The van der Waals surface area contributed by atoms with Crippen molar-refractivity contribution in [2.75, 3.05) is 32.7 Å². The van der Waals surface area contributed by atoms with Crippen molar-refractivity contribution in [2.45, 2.75) is 39.0 Å². The van der Waals surface area contributed by atoms with Crippen LogP contribution < -0.4 is 16.0 Å². The summed E-state index contributed by atoms with van der Waals surface area (Å²) in [7, 11) is 0. The summed E-state index contributed by atoms with van der Waals surface area (Å²) in [4.78, 5) is 17.9. The van der Waals surface area contributed by atoms with Crippen LogP contribution in [0.1, 0.15) is 36.2 Å². The number of alkyl halides is 3. The van der Waals surface area contributed by atoms with Crippen molar-refractivity contribution >= 4 is 11.9 Å². The molecule has 1 aliphatic heterocycles. The number of carbonyl (C=O) groups excluding carboxylic acids is 1. The second kappa shape index (κ2) is 10.3. The van der Waals surface area contributed by atoms with E-state index in [1.807, 2.05) is 26.0 Å². The van der Waals surface area contributed by atoms with Gasteiger partial charge in [0, 0.05) is 37.8 Å². The summed E-state index contributed by atoms with van der Waals surface area (Å²) in [6.45, 7) is 5.21. The van der Waals surface area contributed by atoms with Gasteiger partial charge in [0.05, 0.1) is 13.1 Å². The number of likely N-dealkylation sites (tertiary alicyclic amines) is 1. The van der Waals surface area contributed by atoms with E-state index >= 15 is 0 Å². The summed E-state index contributed by atoms with van der Waals surface area (Å²) in [6.07, 6.45) is -3.55. The number of hydrogen-bond donors (Lipinski definition) is 3. The van der Waals surface area contributed by atoms with Crippen molar-refractivity contribution in [3.63, 3.8) is 0 Å². The minimum Gasteiger partial charge on any atom is -0.357 e. The van der Waals surface area contributed by atoms with Gasteiger partial charge in [-0.3, -0.25) is 9.69 Å². The molecule has 1 heterocycles. The standard InChI is InChI=1S/C19H28F3N5O/c1-3-23-17(28)15-7-5-6-14(10-15)11-25-18(24-4-2)26-16-8-9-27(12-16)13-19(20,21)22/h5-7,10,16H,3-4,8-9,11-13H2,1-2H3,(H,23,28)(H2,24,25,26). The second-order valence-corrected chi connectivity index (χ2v) is 6.74. The van der Waals surface area contributed by atoms with Crippen molar-refractivity contribution in [1.29, 1.82) is 0 Å². The number of amides is 1. The number of guanidine groups is 1. The van der Waals surface area contributed by atoms with Crippen LogP contribution in [0.25, 0.3) is 0 Å². The molecule has 3 N–H and O–H groups in total. The summed E-state index contributed by atoms with van der Waals surface area (Å²) in [6, 6.07) is 7.15. The van der Waals surface area contributed by atoms with Crippen molar-refractivity contribution in [2.24, 2.45) is 4.99 Å². The fraction of sp³-hybridized carbons (Fsp3) is 0.579. The zero-order chi connectivity index (χ0) is 20.6. The molecule has 0 radical (unpaired) electrons. The first kappa shape index (κ1) is 22.0. The van der Waals surface area contributed by atoms with Crippen LogP contribution in [0.5, 0.6) is 0 Å². The maximum Gasteiger partial charge on any atom is 0.401 e. The molecule has 1 aromatic rings. The predicted octanol–water partition coefficient (Wildman–Crippen LogP) is 2.13. The Labute approximate surface area is 163 Å². The van der Waals surface area contributed by atoms with Crippen molar-refractivity contribution in [1.82, 2.24) is 20.9 Å². The lowest BCUT2D eigenvalue weighted by atomic mass is 10.1. The van der Waals surface area contributed by atoms with Gasteiger partial charge in [0.15, 0.2) is 5.96 Å². The monoisotopic (exact) mass is 399 g/mol. The molecule has 1 atom stereocenters. The molecule has 0 bridgehead atoms. The normalized spacial score (nSPS) is 18.2. The lowest BCUT2D eigenvalue weighted by Crippen LogP contribution is -2.45. The van der Waals surface area contributed by atoms with E-state index in [-0.39, 0.29) is 11.9 Å². The first-order valence-corrected chi connectivity index (χ1v) is 9.51. The van der Waals surface area contributed by atoms with Crippen LogP contribution in [-0.2, 0) is 6.54 Å². The molecule has 156 valence electrons. The van der Waals surface area contributed by atoms with Crippen LogP contribution in [0.15, 0.2) is 29.3 Å². The summed E-state index contributed by atoms with van der Waals surface area (Å²) in [5.41, 5.74) is 1.46. The highest BCUT2D eigenvalue weighted by atomic mass is 19.4. The Morgan fingerprint density at radius 2 is 2.00 bits per heavy atom. The lowest BCUT2D eigenvalue weighted by molar-refractivity contribution is -0.143. The quantitative estimate of drug-likeness (QED) is 0.485. The Morgan fingerprint density at radius 3 is 2.68 bits per heavy atom. The highest BCUT2D eigenvalue weighted by molar-refractivity contribution is 5.94. The number of hydrogen-bond acceptors (Lipinski definition) is 3. The van der Waals surface area contributed by atoms with Gasteiger partial charge >= 0.3 is 6.18 Å². The Hall–Kier alpha value is -2.29. The highest BCUT2D eigenvalue weighted by Crippen LogP contribution is 2.20. The van der Waals surface area contributed by atoms with Gasteiger partial charge in [0.25, 0.3) is 5.91 Å². The maximum absolute atomic E-state index is 12.5. The van der Waals surface area contributed by atoms with Crippen molar-refractivity contribution < 1.29 is 18.0 Å². The van der Waals surface area contributed by atoms with E-state index in [9.17, 15) is 18.0 Å². The molecule has 0 aliphatic carbocycles. The van der Waals surface area contributed by atoms with E-state index < -0.39 is 12.7 Å². The van der Waals surface area contributed by atoms with Crippen LogP contribution in [-0.4, -0.2) is 61.7 Å². The van der Waals surface area contributed by atoms with E-state index in [2.05, 4.69) is 20.9 Å². The van der Waals surface area contributed by atoms with Crippen LogP contribution in [0.2, 0.25) is 0 Å². The van der Waals surface area contributed by atoms with Gasteiger partial charge in [-0.25, -0.2) is 4.99 Å². The summed E-state index contributed by atoms with van der Waals surface area (Å²) in [5, 5.41) is 9.09. The summed E-state index contributed by atoms with van der Waals surface area (Å²) < 4.78 is 37.6. The predicted molar refractivity (Wildman–Crippen MR) is 103 cm³/mol. The zero-order valence-corrected chi connectivity index (χ0v) is 16.3. The molecule has 1 aliphatic rings. The Kier molecular flexibility index (Phi) is 8.10. The molecular weight excluding hydrogens is 371 g/mol. The molecule has 1 unspecified atom stereocenters. The topological polar surface area (TPSA) is 68.8 Å². The lowest BCUT2D eigenvalue weighted by Gasteiger charge is -2.19. The second-order valence-electron chi connectivity index (χ2n) is 6.74. The first-order chi connectivity index (χ1) is 13.3. The van der Waals surface area contributed by atoms with Crippen molar-refractivity contribution in [3.8, 4) is 0 Å². The molecule has 1 amide bonds. The zero-order valence-electron chi connectivity index (χ0n) is 16.3. The number of nitrogens with one attached hydrogen (secondary N) is 3. The molecular formula is C19H28F3N5O. The van der Waals surface area contributed by atoms with Crippen LogP contribution in [0.4, 0.5) is 13.2 Å². The van der Waals surface area contributed by atoms with Gasteiger partial charge < -0.3 is 16.0 Å². The van der Waals surface area contributed by atoms with Gasteiger partial charge in [0.1, 0.15) is 0 Å². The molecule has 28 heavy (non-hydrogen) atoms. The Morgan fingerprint density at radius 1 is 1.25 bits per heavy atom. The Balaban J connectivity index is 1.96. The fourth-order valence-corrected chi connectivity index (χ4v) is 3.10. The number of nitrogens with zero attached hydrogens (tertiary/aromatic N) is 2. The molecule has 0 saturated carbocycles. The SMILES string of the molecule is CCNC(=O)c1cccc(CN=C(NCC)NC2CCN(CC(F)(F)F)C2)c1. The van der Waals surface area contributed by atoms with Gasteiger partial charge in [-0.2, -0.15) is 13.2 Å². The minimum atomic E-state index is -4.18. The number of benzene rings is 1. The molecule has 1 aromatic carbocycles. The summed E-state index contributed by atoms with van der Waals surface area (Å²) >= 11 is 0. The first-order valence-electron chi connectivity index (χ1n) is 9.51. The van der Waals surface area contributed by atoms with Gasteiger partial charge in [-0.05, 0) is 38.0 Å². The maximum atomic E-state index is 12.5. The van der Waals surface area contributed by atoms with Crippen LogP contribution in [0.3, 0.4) is 0 Å². The smallest absolute Gasteiger partial charge is 0.357 e. The molecule has 2 rings (SSSR count). The van der Waals surface area contributed by atoms with Gasteiger partial charge in [-0.15, -0.1) is 0 Å². The van der Waals surface area contributed by atoms with Crippen molar-refractivity contribution in [3.05, 3.63) is 35.4 Å². The highest BCUT2D eigenvalue weighted by Gasteiger charge is 2.34. The van der Waals surface area contributed by atoms with E-state index in [4.69, 9.17) is 0 Å². The molecule has 9 heteroatoms. The molecule has 0 aromatic heterocycles. The molecule has 1 fully saturated rings. The number of rotatable bonds is 7. The average molecular weight is 399 g/mol. The third kappa shape index (κ3) is 7.38. The third-order valence-electron chi connectivity index (χ3n) is 4.31. The van der Waals surface area contributed by atoms with Crippen LogP contribution >= 0.6 is 0 Å². The van der Waals surface area contributed by atoms with Gasteiger partial charge in [-0.1, -0.05) is 12.1 Å². The Bertz CT molecular complexity index is 678. The van der Waals surface area contributed by atoms with E-state index in [1.54, 1.807) is 12.1 Å². The average Bonchev–Trinajstić information content (AvgIpc) is 3.05. The molecule has 0 spiro atoms. The van der Waals surface area contributed by atoms with E-state index in [0.29, 0.717) is 50.7 Å². The number of aliphatic imine (C=N–C) groups is 1. The number of carbonyl (C=O) groups is 1. The van der Waals surface area contributed by atoms with Gasteiger partial charge in [0.2, 0.25) is 0 Å².